The van der Waals surface area contributed by atoms with Crippen LogP contribution in [0.4, 0.5) is 0 Å². The van der Waals surface area contributed by atoms with E-state index in [9.17, 15) is 5.11 Å². The third-order valence-corrected chi connectivity index (χ3v) is 2.27. The maximum atomic E-state index is 9.95. The van der Waals surface area contributed by atoms with Crippen LogP contribution in [0.5, 0.6) is 0 Å². The van der Waals surface area contributed by atoms with Gasteiger partial charge in [-0.3, -0.25) is 0 Å². The Morgan fingerprint density at radius 3 is 2.07 bits per heavy atom. The molecule has 0 amide bonds. The standard InChI is InChI=1S/C13H20O/c1-10-5-7-11(8-6-10)12(14)9-13(2,3)4/h5-8,12,14H,9H2,1-4H3/t12-/m0/s1. The van der Waals surface area contributed by atoms with Crippen molar-refractivity contribution in [1.82, 2.24) is 0 Å². The summed E-state index contributed by atoms with van der Waals surface area (Å²) in [6.07, 6.45) is 0.464. The summed E-state index contributed by atoms with van der Waals surface area (Å²) in [5, 5.41) is 9.95. The van der Waals surface area contributed by atoms with Crippen LogP contribution in [0.2, 0.25) is 0 Å². The summed E-state index contributed by atoms with van der Waals surface area (Å²) in [7, 11) is 0. The van der Waals surface area contributed by atoms with Gasteiger partial charge >= 0.3 is 0 Å². The summed E-state index contributed by atoms with van der Waals surface area (Å²) < 4.78 is 0. The Labute approximate surface area is 86.8 Å². The summed E-state index contributed by atoms with van der Waals surface area (Å²) in [5.74, 6) is 0. The Morgan fingerprint density at radius 2 is 1.64 bits per heavy atom. The molecule has 0 saturated heterocycles. The first-order valence-electron chi connectivity index (χ1n) is 5.13. The van der Waals surface area contributed by atoms with Crippen LogP contribution in [-0.2, 0) is 0 Å². The Kier molecular flexibility index (Phi) is 3.33. The minimum atomic E-state index is -0.337. The van der Waals surface area contributed by atoms with Crippen LogP contribution in [0.3, 0.4) is 0 Å². The van der Waals surface area contributed by atoms with Crippen molar-refractivity contribution in [3.8, 4) is 0 Å². The van der Waals surface area contributed by atoms with Crippen molar-refractivity contribution in [2.24, 2.45) is 5.41 Å². The first-order chi connectivity index (χ1) is 6.38. The van der Waals surface area contributed by atoms with Crippen LogP contribution in [0, 0.1) is 12.3 Å². The molecule has 0 saturated carbocycles. The van der Waals surface area contributed by atoms with E-state index >= 15 is 0 Å². The van der Waals surface area contributed by atoms with Crippen molar-refractivity contribution < 1.29 is 5.11 Å². The van der Waals surface area contributed by atoms with Crippen LogP contribution >= 0.6 is 0 Å². The molecular formula is C13H20O. The van der Waals surface area contributed by atoms with Crippen molar-refractivity contribution in [1.29, 1.82) is 0 Å². The molecule has 78 valence electrons. The SMILES string of the molecule is Cc1ccc([C@@H](O)CC(C)(C)C)cc1. The summed E-state index contributed by atoms with van der Waals surface area (Å²) in [4.78, 5) is 0. The number of aliphatic hydroxyl groups excluding tert-OH is 1. The molecule has 0 aromatic heterocycles. The number of rotatable bonds is 2. The molecule has 1 rings (SSSR count). The molecule has 0 heterocycles. The molecule has 1 heteroatoms. The van der Waals surface area contributed by atoms with E-state index in [0.717, 1.165) is 12.0 Å². The van der Waals surface area contributed by atoms with Gasteiger partial charge in [0.05, 0.1) is 6.10 Å². The van der Waals surface area contributed by atoms with Crippen molar-refractivity contribution >= 4 is 0 Å². The predicted molar refractivity (Wildman–Crippen MR) is 60.2 cm³/mol. The van der Waals surface area contributed by atoms with Gasteiger partial charge in [0.25, 0.3) is 0 Å². The number of aliphatic hydroxyl groups is 1. The zero-order valence-corrected chi connectivity index (χ0v) is 9.54. The lowest BCUT2D eigenvalue weighted by Crippen LogP contribution is -2.11. The lowest BCUT2D eigenvalue weighted by molar-refractivity contribution is 0.122. The van der Waals surface area contributed by atoms with Crippen molar-refractivity contribution in [2.75, 3.05) is 0 Å². The van der Waals surface area contributed by atoms with Gasteiger partial charge < -0.3 is 5.11 Å². The fraction of sp³-hybridized carbons (Fsp3) is 0.538. The van der Waals surface area contributed by atoms with Gasteiger partial charge in [-0.15, -0.1) is 0 Å². The minimum absolute atomic E-state index is 0.171. The molecule has 1 aromatic carbocycles. The van der Waals surface area contributed by atoms with Gasteiger partial charge in [-0.05, 0) is 24.3 Å². The minimum Gasteiger partial charge on any atom is -0.388 e. The molecule has 0 aliphatic rings. The molecule has 0 bridgehead atoms. The van der Waals surface area contributed by atoms with Gasteiger partial charge in [-0.1, -0.05) is 50.6 Å². The van der Waals surface area contributed by atoms with Crippen molar-refractivity contribution in [3.05, 3.63) is 35.4 Å². The Morgan fingerprint density at radius 1 is 1.14 bits per heavy atom. The van der Waals surface area contributed by atoms with Gasteiger partial charge in [0.15, 0.2) is 0 Å². The zero-order valence-electron chi connectivity index (χ0n) is 9.54. The number of benzene rings is 1. The van der Waals surface area contributed by atoms with E-state index in [1.54, 1.807) is 0 Å². The average Bonchev–Trinajstić information content (AvgIpc) is 2.02. The quantitative estimate of drug-likeness (QED) is 0.760. The van der Waals surface area contributed by atoms with E-state index in [-0.39, 0.29) is 11.5 Å². The average molecular weight is 192 g/mol. The zero-order chi connectivity index (χ0) is 10.8. The van der Waals surface area contributed by atoms with Gasteiger partial charge in [0.2, 0.25) is 0 Å². The first-order valence-corrected chi connectivity index (χ1v) is 5.13. The molecule has 1 atom stereocenters. The topological polar surface area (TPSA) is 20.2 Å². The number of hydrogen-bond acceptors (Lipinski definition) is 1. The lowest BCUT2D eigenvalue weighted by atomic mass is 9.87. The maximum Gasteiger partial charge on any atom is 0.0795 e. The fourth-order valence-electron chi connectivity index (χ4n) is 1.49. The normalized spacial score (nSPS) is 14.1. The Hall–Kier alpha value is -0.820. The van der Waals surface area contributed by atoms with Crippen LogP contribution in [-0.4, -0.2) is 5.11 Å². The molecule has 1 aromatic rings. The van der Waals surface area contributed by atoms with Crippen LogP contribution < -0.4 is 0 Å². The van der Waals surface area contributed by atoms with Crippen molar-refractivity contribution in [3.63, 3.8) is 0 Å². The van der Waals surface area contributed by atoms with Crippen LogP contribution in [0.15, 0.2) is 24.3 Å². The van der Waals surface area contributed by atoms with Gasteiger partial charge in [0, 0.05) is 0 Å². The third-order valence-electron chi connectivity index (χ3n) is 2.27. The summed E-state index contributed by atoms with van der Waals surface area (Å²) in [6.45, 7) is 8.49. The second-order valence-electron chi connectivity index (χ2n) is 5.19. The van der Waals surface area contributed by atoms with Crippen LogP contribution in [0.25, 0.3) is 0 Å². The van der Waals surface area contributed by atoms with E-state index in [1.807, 2.05) is 24.3 Å². The van der Waals surface area contributed by atoms with Gasteiger partial charge in [0.1, 0.15) is 0 Å². The molecule has 0 spiro atoms. The molecule has 1 N–H and O–H groups in total. The second kappa shape index (κ2) is 4.14. The molecule has 0 aliphatic heterocycles. The first kappa shape index (κ1) is 11.3. The van der Waals surface area contributed by atoms with Gasteiger partial charge in [-0.2, -0.15) is 0 Å². The smallest absolute Gasteiger partial charge is 0.0795 e. The van der Waals surface area contributed by atoms with E-state index in [0.29, 0.717) is 0 Å². The van der Waals surface area contributed by atoms with Crippen LogP contribution in [0.1, 0.15) is 44.4 Å². The second-order valence-corrected chi connectivity index (χ2v) is 5.19. The number of hydrogen-bond donors (Lipinski definition) is 1. The molecule has 1 nitrogen and oxygen atoms in total. The highest BCUT2D eigenvalue weighted by Gasteiger charge is 2.17. The summed E-state index contributed by atoms with van der Waals surface area (Å²) in [6, 6.07) is 8.10. The molecular weight excluding hydrogens is 172 g/mol. The van der Waals surface area contributed by atoms with Gasteiger partial charge in [-0.25, -0.2) is 0 Å². The molecule has 0 radical (unpaired) electrons. The third kappa shape index (κ3) is 3.51. The largest absolute Gasteiger partial charge is 0.388 e. The fourth-order valence-corrected chi connectivity index (χ4v) is 1.49. The Balaban J connectivity index is 2.70. The molecule has 14 heavy (non-hydrogen) atoms. The van der Waals surface area contributed by atoms with E-state index in [1.165, 1.54) is 5.56 Å². The highest BCUT2D eigenvalue weighted by Crippen LogP contribution is 2.29. The predicted octanol–water partition coefficient (Wildman–Crippen LogP) is 3.46. The van der Waals surface area contributed by atoms with E-state index < -0.39 is 0 Å². The Bertz CT molecular complexity index is 279. The van der Waals surface area contributed by atoms with Crippen molar-refractivity contribution in [2.45, 2.75) is 40.2 Å². The molecule has 0 aliphatic carbocycles. The monoisotopic (exact) mass is 192 g/mol. The maximum absolute atomic E-state index is 9.95. The highest BCUT2D eigenvalue weighted by atomic mass is 16.3. The number of aryl methyl sites for hydroxylation is 1. The summed E-state index contributed by atoms with van der Waals surface area (Å²) >= 11 is 0. The lowest BCUT2D eigenvalue weighted by Gasteiger charge is -2.22. The summed E-state index contributed by atoms with van der Waals surface area (Å²) in [5.41, 5.74) is 2.42. The van der Waals surface area contributed by atoms with E-state index in [4.69, 9.17) is 0 Å². The highest BCUT2D eigenvalue weighted by molar-refractivity contribution is 5.23. The van der Waals surface area contributed by atoms with E-state index in [2.05, 4.69) is 27.7 Å². The molecule has 0 unspecified atom stereocenters. The molecule has 0 fully saturated rings.